The molecule has 0 saturated heterocycles. The third-order valence-electron chi connectivity index (χ3n) is 3.73. The Balaban J connectivity index is 0.000000628. The number of aliphatic carboxylic acids is 1. The molecule has 31 heavy (non-hydrogen) atoms. The molecule has 158 valence electrons. The quantitative estimate of drug-likeness (QED) is 0.384. The highest BCUT2D eigenvalue weighted by Gasteiger charge is 2.16. The molecular formula is C21H16FN3O5S. The predicted octanol–water partition coefficient (Wildman–Crippen LogP) is 2.52. The summed E-state index contributed by atoms with van der Waals surface area (Å²) >= 11 is 1.18. The van der Waals surface area contributed by atoms with E-state index in [1.54, 1.807) is 42.5 Å². The summed E-state index contributed by atoms with van der Waals surface area (Å²) in [6, 6.07) is 12.7. The van der Waals surface area contributed by atoms with E-state index in [2.05, 4.69) is 10.1 Å². The van der Waals surface area contributed by atoms with Gasteiger partial charge in [-0.25, -0.2) is 4.39 Å². The Hall–Kier alpha value is -3.92. The highest BCUT2D eigenvalue weighted by molar-refractivity contribution is 7.15. The molecule has 0 aliphatic heterocycles. The van der Waals surface area contributed by atoms with Gasteiger partial charge in [0.05, 0.1) is 10.1 Å². The third kappa shape index (κ3) is 5.37. The topological polar surface area (TPSA) is 111 Å². The fourth-order valence-electron chi connectivity index (χ4n) is 2.55. The largest absolute Gasteiger partial charge is 0.481 e. The van der Waals surface area contributed by atoms with Gasteiger partial charge < -0.3 is 9.84 Å². The second-order valence-electron chi connectivity index (χ2n) is 6.21. The van der Waals surface area contributed by atoms with E-state index in [0.29, 0.717) is 32.2 Å². The van der Waals surface area contributed by atoms with Gasteiger partial charge in [0.15, 0.2) is 5.82 Å². The molecule has 2 heterocycles. The first-order chi connectivity index (χ1) is 14.7. The summed E-state index contributed by atoms with van der Waals surface area (Å²) in [6.45, 7) is 2.39. The van der Waals surface area contributed by atoms with Gasteiger partial charge in [0.25, 0.3) is 11.5 Å². The first-order valence-electron chi connectivity index (χ1n) is 8.89. The molecule has 0 fully saturated rings. The van der Waals surface area contributed by atoms with Crippen LogP contribution in [0, 0.1) is 5.82 Å². The van der Waals surface area contributed by atoms with Crippen molar-refractivity contribution < 1.29 is 23.8 Å². The van der Waals surface area contributed by atoms with Gasteiger partial charge in [0.2, 0.25) is 4.96 Å². The molecule has 0 saturated carbocycles. The summed E-state index contributed by atoms with van der Waals surface area (Å²) < 4.78 is 19.8. The Morgan fingerprint density at radius 2 is 1.77 bits per heavy atom. The number of carboxylic acid groups (broad SMARTS) is 1. The molecule has 10 heteroatoms. The summed E-state index contributed by atoms with van der Waals surface area (Å²) in [5.74, 6) is -1.00. The number of aromatic nitrogens is 3. The molecule has 0 unspecified atom stereocenters. The molecule has 0 radical (unpaired) electrons. The number of hydrogen-bond donors (Lipinski definition) is 1. The number of thiazole rings is 1. The number of carbonyl (C=O) groups is 2. The smallest absolute Gasteiger partial charge is 0.308 e. The number of hydrogen-bond acceptors (Lipinski definition) is 7. The van der Waals surface area contributed by atoms with Crippen LogP contribution in [0.5, 0.6) is 5.75 Å². The number of benzene rings is 2. The van der Waals surface area contributed by atoms with Crippen LogP contribution in [0.2, 0.25) is 0 Å². The lowest BCUT2D eigenvalue weighted by molar-refractivity contribution is -0.134. The number of ether oxygens (including phenoxy) is 1. The highest BCUT2D eigenvalue weighted by atomic mass is 32.1. The van der Waals surface area contributed by atoms with E-state index in [1.165, 1.54) is 34.9 Å². The summed E-state index contributed by atoms with van der Waals surface area (Å²) in [5.41, 5.74) is 0.911. The Kier molecular flexibility index (Phi) is 6.51. The molecule has 0 atom stereocenters. The van der Waals surface area contributed by atoms with Crippen molar-refractivity contribution in [2.45, 2.75) is 13.8 Å². The Morgan fingerprint density at radius 3 is 2.39 bits per heavy atom. The second-order valence-corrected chi connectivity index (χ2v) is 7.22. The second kappa shape index (κ2) is 9.26. The minimum Gasteiger partial charge on any atom is -0.481 e. The van der Waals surface area contributed by atoms with Crippen LogP contribution in [0.25, 0.3) is 22.4 Å². The number of rotatable bonds is 3. The van der Waals surface area contributed by atoms with Gasteiger partial charge in [0, 0.05) is 13.8 Å². The maximum Gasteiger partial charge on any atom is 0.308 e. The SMILES string of the molecule is CC(=O)O.CC(=O)Oc1ccccc1-c1nc2s/c(=C\c3ccc(F)cc3)c(=O)n2n1. The third-order valence-corrected chi connectivity index (χ3v) is 4.69. The molecule has 8 nitrogen and oxygen atoms in total. The number of nitrogens with zero attached hydrogens (tertiary/aromatic N) is 3. The van der Waals surface area contributed by atoms with Crippen molar-refractivity contribution in [3.63, 3.8) is 0 Å². The average Bonchev–Trinajstić information content (AvgIpc) is 3.23. The lowest BCUT2D eigenvalue weighted by atomic mass is 10.2. The molecule has 2 aromatic heterocycles. The van der Waals surface area contributed by atoms with Crippen LogP contribution in [0.4, 0.5) is 4.39 Å². The summed E-state index contributed by atoms with van der Waals surface area (Å²) in [5, 5.41) is 11.7. The van der Waals surface area contributed by atoms with Gasteiger partial charge in [-0.3, -0.25) is 14.4 Å². The molecule has 0 spiro atoms. The highest BCUT2D eigenvalue weighted by Crippen LogP contribution is 2.27. The van der Waals surface area contributed by atoms with Gasteiger partial charge in [-0.05, 0) is 35.9 Å². The van der Waals surface area contributed by atoms with E-state index in [9.17, 15) is 14.0 Å². The fraction of sp³-hybridized carbons (Fsp3) is 0.0952. The van der Waals surface area contributed by atoms with Crippen molar-refractivity contribution >= 4 is 34.3 Å². The van der Waals surface area contributed by atoms with E-state index in [1.807, 2.05) is 0 Å². The molecule has 4 rings (SSSR count). The summed E-state index contributed by atoms with van der Waals surface area (Å²) in [4.78, 5) is 37.7. The van der Waals surface area contributed by atoms with Gasteiger partial charge >= 0.3 is 5.97 Å². The number of halogens is 1. The Morgan fingerprint density at radius 1 is 1.13 bits per heavy atom. The zero-order chi connectivity index (χ0) is 22.5. The standard InChI is InChI=1S/C19H12FN3O3S.C2H4O2/c1-11(24)26-15-5-3-2-4-14(15)17-21-19-23(22-17)18(25)16(27-19)10-12-6-8-13(20)9-7-12;1-2(3)4/h2-10H,1H3;1H3,(H,3,4)/b16-10-;. The predicted molar refractivity (Wildman–Crippen MR) is 112 cm³/mol. The minimum absolute atomic E-state index is 0.295. The number of carbonyl (C=O) groups excluding carboxylic acids is 1. The van der Waals surface area contributed by atoms with Crippen LogP contribution in [0.1, 0.15) is 19.4 Å². The molecule has 0 aliphatic carbocycles. The number of esters is 1. The van der Waals surface area contributed by atoms with Crippen LogP contribution in [0.15, 0.2) is 53.3 Å². The van der Waals surface area contributed by atoms with Crippen LogP contribution in [0.3, 0.4) is 0 Å². The van der Waals surface area contributed by atoms with Crippen LogP contribution in [-0.4, -0.2) is 31.6 Å². The molecule has 0 bridgehead atoms. The normalized spacial score (nSPS) is 11.1. The zero-order valence-electron chi connectivity index (χ0n) is 16.4. The monoisotopic (exact) mass is 441 g/mol. The molecule has 1 N–H and O–H groups in total. The van der Waals surface area contributed by atoms with Crippen LogP contribution < -0.4 is 14.8 Å². The Labute approximate surface area is 178 Å². The van der Waals surface area contributed by atoms with Gasteiger partial charge in [-0.1, -0.05) is 35.6 Å². The van der Waals surface area contributed by atoms with E-state index < -0.39 is 11.9 Å². The van der Waals surface area contributed by atoms with E-state index >= 15 is 0 Å². The lowest BCUT2D eigenvalue weighted by Crippen LogP contribution is -2.23. The first kappa shape index (κ1) is 21.8. The average molecular weight is 441 g/mol. The Bertz CT molecular complexity index is 1360. The van der Waals surface area contributed by atoms with Crippen molar-refractivity contribution in [2.75, 3.05) is 0 Å². The molecule has 0 aliphatic rings. The zero-order valence-corrected chi connectivity index (χ0v) is 17.2. The first-order valence-corrected chi connectivity index (χ1v) is 9.70. The van der Waals surface area contributed by atoms with Gasteiger partial charge in [-0.15, -0.1) is 5.10 Å². The maximum absolute atomic E-state index is 13.0. The maximum atomic E-state index is 13.0. The van der Waals surface area contributed by atoms with Crippen LogP contribution in [-0.2, 0) is 9.59 Å². The molecule has 4 aromatic rings. The van der Waals surface area contributed by atoms with Crippen molar-refractivity contribution in [1.29, 1.82) is 0 Å². The van der Waals surface area contributed by atoms with E-state index in [0.717, 1.165) is 6.92 Å². The lowest BCUT2D eigenvalue weighted by Gasteiger charge is -2.04. The number of para-hydroxylation sites is 1. The van der Waals surface area contributed by atoms with Crippen molar-refractivity contribution in [1.82, 2.24) is 14.6 Å². The molecule has 0 amide bonds. The van der Waals surface area contributed by atoms with Crippen LogP contribution >= 0.6 is 11.3 Å². The van der Waals surface area contributed by atoms with E-state index in [-0.39, 0.29) is 11.4 Å². The summed E-state index contributed by atoms with van der Waals surface area (Å²) in [6.07, 6.45) is 1.66. The summed E-state index contributed by atoms with van der Waals surface area (Å²) in [7, 11) is 0. The molecular weight excluding hydrogens is 425 g/mol. The number of carboxylic acids is 1. The minimum atomic E-state index is -0.833. The fourth-order valence-corrected chi connectivity index (χ4v) is 3.46. The van der Waals surface area contributed by atoms with Crippen molar-refractivity contribution in [3.05, 3.63) is 74.8 Å². The number of fused-ring (bicyclic) bond motifs is 1. The van der Waals surface area contributed by atoms with Crippen molar-refractivity contribution in [3.8, 4) is 17.1 Å². The van der Waals surface area contributed by atoms with Gasteiger partial charge in [0.1, 0.15) is 11.6 Å². The molecule has 2 aromatic carbocycles. The van der Waals surface area contributed by atoms with E-state index in [4.69, 9.17) is 14.6 Å². The van der Waals surface area contributed by atoms with Gasteiger partial charge in [-0.2, -0.15) is 9.50 Å². The van der Waals surface area contributed by atoms with Crippen molar-refractivity contribution in [2.24, 2.45) is 0 Å².